The second-order valence-electron chi connectivity index (χ2n) is 6.85. The molecule has 0 aliphatic heterocycles. The Balaban J connectivity index is 1.39. The minimum absolute atomic E-state index is 0.166. The van der Waals surface area contributed by atoms with E-state index in [9.17, 15) is 9.59 Å². The molecule has 4 aromatic rings. The molecule has 8 nitrogen and oxygen atoms in total. The number of nitrogens with zero attached hydrogens (tertiary/aromatic N) is 3. The predicted molar refractivity (Wildman–Crippen MR) is 125 cm³/mol. The Labute approximate surface area is 205 Å². The summed E-state index contributed by atoms with van der Waals surface area (Å²) in [4.78, 5) is 34.7. The first-order valence-corrected chi connectivity index (χ1v) is 12.9. The van der Waals surface area contributed by atoms with Crippen molar-refractivity contribution < 1.29 is 35.5 Å². The molecule has 10 heteroatoms. The molecule has 2 aromatic heterocycles. The van der Waals surface area contributed by atoms with Gasteiger partial charge in [-0.25, -0.2) is 14.8 Å². The van der Waals surface area contributed by atoms with E-state index in [-0.39, 0.29) is 11.9 Å². The molecule has 0 saturated carbocycles. The Hall–Kier alpha value is -3.25. The van der Waals surface area contributed by atoms with Crippen molar-refractivity contribution in [1.82, 2.24) is 15.3 Å². The zero-order valence-corrected chi connectivity index (χ0v) is 21.1. The number of fused-ring (bicyclic) bond motifs is 1. The van der Waals surface area contributed by atoms with Crippen molar-refractivity contribution in [3.05, 3.63) is 73.6 Å². The highest BCUT2D eigenvalue weighted by molar-refractivity contribution is 7.22. The molecule has 0 unspecified atom stereocenters. The SMILES string of the molecule is CNC(=O)N(C)c1ccc([I+]c2ccc(C(=O)Nc3nc4ccc(OC)cc4s3)nc2)cc1. The maximum atomic E-state index is 12.6. The van der Waals surface area contributed by atoms with Crippen LogP contribution >= 0.6 is 11.3 Å². The minimum atomic E-state index is -0.460. The smallest absolute Gasteiger partial charge is 0.359 e. The van der Waals surface area contributed by atoms with Crippen molar-refractivity contribution in [3.63, 3.8) is 0 Å². The number of benzene rings is 2. The minimum Gasteiger partial charge on any atom is -0.497 e. The van der Waals surface area contributed by atoms with Gasteiger partial charge < -0.3 is 10.1 Å². The molecule has 3 amide bonds. The van der Waals surface area contributed by atoms with Crippen LogP contribution in [-0.2, 0) is 0 Å². The Morgan fingerprint density at radius 2 is 1.82 bits per heavy atom. The van der Waals surface area contributed by atoms with Crippen LogP contribution in [0, 0.1) is 7.14 Å². The van der Waals surface area contributed by atoms with Gasteiger partial charge in [0.15, 0.2) is 8.70 Å². The van der Waals surface area contributed by atoms with Crippen LogP contribution < -0.4 is 41.5 Å². The van der Waals surface area contributed by atoms with Crippen LogP contribution in [0.1, 0.15) is 10.5 Å². The maximum absolute atomic E-state index is 12.6. The Morgan fingerprint density at radius 3 is 2.48 bits per heavy atom. The van der Waals surface area contributed by atoms with Crippen LogP contribution in [0.2, 0.25) is 0 Å². The summed E-state index contributed by atoms with van der Waals surface area (Å²) in [7, 11) is 4.94. The van der Waals surface area contributed by atoms with E-state index in [4.69, 9.17) is 4.74 Å². The van der Waals surface area contributed by atoms with Gasteiger partial charge in [0.2, 0.25) is 3.57 Å². The molecule has 0 aliphatic rings. The summed E-state index contributed by atoms with van der Waals surface area (Å²) < 4.78 is 8.44. The number of anilines is 2. The van der Waals surface area contributed by atoms with Crippen LogP contribution in [0.5, 0.6) is 5.75 Å². The molecule has 0 aliphatic carbocycles. The van der Waals surface area contributed by atoms with Crippen molar-refractivity contribution in [3.8, 4) is 5.75 Å². The van der Waals surface area contributed by atoms with E-state index < -0.39 is 21.2 Å². The number of methoxy groups -OCH3 is 1. The second-order valence-corrected chi connectivity index (χ2v) is 10.9. The monoisotopic (exact) mass is 574 g/mol. The molecular weight excluding hydrogens is 553 g/mol. The fourth-order valence-corrected chi connectivity index (χ4v) is 5.92. The fourth-order valence-electron chi connectivity index (χ4n) is 2.95. The lowest BCUT2D eigenvalue weighted by Gasteiger charge is -2.15. The average Bonchev–Trinajstić information content (AvgIpc) is 3.25. The summed E-state index contributed by atoms with van der Waals surface area (Å²) in [6.07, 6.45) is 1.75. The van der Waals surface area contributed by atoms with E-state index in [1.165, 1.54) is 14.9 Å². The molecule has 0 saturated heterocycles. The zero-order chi connectivity index (χ0) is 23.4. The molecule has 0 fully saturated rings. The molecule has 2 aromatic carbocycles. The number of ether oxygens (including phenoxy) is 1. The number of nitrogens with one attached hydrogen (secondary N) is 2. The van der Waals surface area contributed by atoms with Gasteiger partial charge in [0.1, 0.15) is 11.4 Å². The molecule has 33 heavy (non-hydrogen) atoms. The van der Waals surface area contributed by atoms with Crippen molar-refractivity contribution in [2.45, 2.75) is 0 Å². The normalized spacial score (nSPS) is 10.6. The van der Waals surface area contributed by atoms with Gasteiger partial charge in [0.25, 0.3) is 5.91 Å². The van der Waals surface area contributed by atoms with Crippen LogP contribution in [0.15, 0.2) is 60.8 Å². The fraction of sp³-hybridized carbons (Fsp3) is 0.130. The topological polar surface area (TPSA) is 96.5 Å². The van der Waals surface area contributed by atoms with Gasteiger partial charge in [0.05, 0.1) is 23.5 Å². The van der Waals surface area contributed by atoms with E-state index in [0.717, 1.165) is 25.2 Å². The van der Waals surface area contributed by atoms with Crippen LogP contribution in [0.3, 0.4) is 0 Å². The summed E-state index contributed by atoms with van der Waals surface area (Å²) in [5.74, 6) is 0.449. The molecule has 168 valence electrons. The maximum Gasteiger partial charge on any atom is 0.359 e. The van der Waals surface area contributed by atoms with Crippen molar-refractivity contribution >= 4 is 44.3 Å². The standard InChI is InChI=1S/C23H20IN5O3S/c1-25-23(31)29(2)16-7-4-14(5-8-16)24-15-6-10-19(26-13-15)21(30)28-22-27-18-11-9-17(32-3)12-20(18)33-22/h4-13H,1-3H3,(H-,25,27,28,30,31)/p+1. The Kier molecular flexibility index (Phi) is 7.04. The second kappa shape index (κ2) is 10.1. The summed E-state index contributed by atoms with van der Waals surface area (Å²) in [6.45, 7) is 0. The van der Waals surface area contributed by atoms with Gasteiger partial charge in [-0.1, -0.05) is 11.3 Å². The lowest BCUT2D eigenvalue weighted by molar-refractivity contribution is -0.597. The number of hydrogen-bond acceptors (Lipinski definition) is 6. The van der Waals surface area contributed by atoms with E-state index >= 15 is 0 Å². The number of halogens is 1. The first-order chi connectivity index (χ1) is 16.0. The molecule has 0 spiro atoms. The summed E-state index contributed by atoms with van der Waals surface area (Å²) in [5, 5.41) is 5.94. The van der Waals surface area contributed by atoms with Gasteiger partial charge in [-0.05, 0) is 54.6 Å². The number of pyridine rings is 1. The van der Waals surface area contributed by atoms with Gasteiger partial charge in [-0.2, -0.15) is 0 Å². The third kappa shape index (κ3) is 5.40. The molecular formula is C23H21IN5O3S+. The highest BCUT2D eigenvalue weighted by atomic mass is 127. The molecule has 2 heterocycles. The van der Waals surface area contributed by atoms with Crippen molar-refractivity contribution in [2.24, 2.45) is 0 Å². The van der Waals surface area contributed by atoms with E-state index in [2.05, 4.69) is 20.6 Å². The first-order valence-electron chi connectivity index (χ1n) is 9.89. The van der Waals surface area contributed by atoms with Crippen molar-refractivity contribution in [1.29, 1.82) is 0 Å². The Bertz CT molecular complexity index is 1290. The quantitative estimate of drug-likeness (QED) is 0.333. The van der Waals surface area contributed by atoms with Crippen LogP contribution in [-0.4, -0.2) is 43.1 Å². The van der Waals surface area contributed by atoms with Crippen LogP contribution in [0.25, 0.3) is 10.2 Å². The summed E-state index contributed by atoms with van der Waals surface area (Å²) >= 11 is 0.927. The molecule has 4 rings (SSSR count). The number of thiazole rings is 1. The zero-order valence-electron chi connectivity index (χ0n) is 18.1. The van der Waals surface area contributed by atoms with E-state index in [1.54, 1.807) is 38.4 Å². The summed E-state index contributed by atoms with van der Waals surface area (Å²) in [6, 6.07) is 17.0. The number of carbonyl (C=O) groups excluding carboxylic acids is 2. The number of amides is 3. The first kappa shape index (κ1) is 22.9. The predicted octanol–water partition coefficient (Wildman–Crippen LogP) is 0.856. The molecule has 0 atom stereocenters. The third-order valence-corrected chi connectivity index (χ3v) is 8.26. The highest BCUT2D eigenvalue weighted by Crippen LogP contribution is 2.29. The van der Waals surface area contributed by atoms with Gasteiger partial charge in [-0.15, -0.1) is 0 Å². The lowest BCUT2D eigenvalue weighted by atomic mass is 10.3. The lowest BCUT2D eigenvalue weighted by Crippen LogP contribution is -3.61. The van der Waals surface area contributed by atoms with Gasteiger partial charge >= 0.3 is 27.2 Å². The average molecular weight is 574 g/mol. The number of aromatic nitrogens is 2. The molecule has 2 N–H and O–H groups in total. The number of hydrogen-bond donors (Lipinski definition) is 2. The highest BCUT2D eigenvalue weighted by Gasteiger charge is 2.19. The van der Waals surface area contributed by atoms with E-state index in [1.807, 2.05) is 48.5 Å². The Morgan fingerprint density at radius 1 is 1.06 bits per heavy atom. The van der Waals surface area contributed by atoms with Crippen LogP contribution in [0.4, 0.5) is 15.6 Å². The van der Waals surface area contributed by atoms with Crippen molar-refractivity contribution in [2.75, 3.05) is 31.4 Å². The largest absolute Gasteiger partial charge is 0.497 e. The number of rotatable bonds is 6. The third-order valence-electron chi connectivity index (χ3n) is 4.73. The molecule has 0 radical (unpaired) electrons. The number of carbonyl (C=O) groups is 2. The molecule has 0 bridgehead atoms. The van der Waals surface area contributed by atoms with Gasteiger partial charge in [-0.3, -0.25) is 15.0 Å². The summed E-state index contributed by atoms with van der Waals surface area (Å²) in [5.41, 5.74) is 1.96. The van der Waals surface area contributed by atoms with E-state index in [0.29, 0.717) is 10.8 Å². The van der Waals surface area contributed by atoms with Gasteiger partial charge in [0, 0.05) is 19.8 Å². The number of urea groups is 1.